The Bertz CT molecular complexity index is 594. The van der Waals surface area contributed by atoms with Crippen LogP contribution in [0.15, 0.2) is 29.3 Å². The van der Waals surface area contributed by atoms with E-state index in [0.29, 0.717) is 0 Å². The van der Waals surface area contributed by atoms with Crippen molar-refractivity contribution in [2.45, 2.75) is 6.85 Å². The number of halogens is 1. The molecule has 13 heavy (non-hydrogen) atoms. The first-order chi connectivity index (χ1) is 8.30. The van der Waals surface area contributed by atoms with Gasteiger partial charge in [-0.15, -0.1) is 0 Å². The fourth-order valence-electron chi connectivity index (χ4n) is 0.808. The minimum absolute atomic E-state index is 0.228. The van der Waals surface area contributed by atoms with Gasteiger partial charge in [0.05, 0.1) is 8.91 Å². The summed E-state index contributed by atoms with van der Waals surface area (Å²) >= 11 is 3.07. The molecule has 2 aromatic heterocycles. The second kappa shape index (κ2) is 3.26. The molecule has 4 nitrogen and oxygen atoms in total. The first-order valence-corrected chi connectivity index (χ1v) is 4.15. The third kappa shape index (κ3) is 1.75. The SMILES string of the molecule is [2H]c1nn(-c2ccnc(Br)n2)c([2H])c1C([2H])([2H])[2H]. The molecular formula is C8H7BrN4. The molecule has 2 rings (SSSR count). The van der Waals surface area contributed by atoms with Crippen LogP contribution in [0.5, 0.6) is 0 Å². The van der Waals surface area contributed by atoms with Gasteiger partial charge >= 0.3 is 0 Å². The standard InChI is InChI=1S/C8H7BrN4/c1-6-4-11-13(5-6)7-2-3-10-8(9)12-7/h2-5H,1H3/i1D3,4D,5D. The minimum atomic E-state index is -2.54. The van der Waals surface area contributed by atoms with E-state index >= 15 is 0 Å². The molecule has 0 aromatic carbocycles. The van der Waals surface area contributed by atoms with E-state index in [1.54, 1.807) is 0 Å². The Kier molecular flexibility index (Phi) is 1.08. The highest BCUT2D eigenvalue weighted by Gasteiger charge is 1.99. The van der Waals surface area contributed by atoms with Gasteiger partial charge in [0.15, 0.2) is 10.6 Å². The lowest BCUT2D eigenvalue weighted by Crippen LogP contribution is -1.98. The molecule has 0 bridgehead atoms. The number of nitrogens with zero attached hydrogens (tertiary/aromatic N) is 4. The number of hydrogen-bond donors (Lipinski definition) is 0. The van der Waals surface area contributed by atoms with E-state index in [4.69, 9.17) is 6.85 Å². The first kappa shape index (κ1) is 4.32. The lowest BCUT2D eigenvalue weighted by Gasteiger charge is -1.98. The van der Waals surface area contributed by atoms with E-state index in [-0.39, 0.29) is 16.7 Å². The maximum atomic E-state index is 7.78. The molecule has 0 radical (unpaired) electrons. The van der Waals surface area contributed by atoms with Crippen LogP contribution in [0.1, 0.15) is 12.4 Å². The average Bonchev–Trinajstić information content (AvgIpc) is 2.53. The van der Waals surface area contributed by atoms with Crippen molar-refractivity contribution >= 4 is 15.9 Å². The summed E-state index contributed by atoms with van der Waals surface area (Å²) in [7, 11) is 0. The van der Waals surface area contributed by atoms with Crippen molar-refractivity contribution in [2.75, 3.05) is 0 Å². The van der Waals surface area contributed by atoms with Crippen LogP contribution in [0.4, 0.5) is 0 Å². The number of hydrogen-bond acceptors (Lipinski definition) is 3. The second-order valence-corrected chi connectivity index (χ2v) is 2.90. The Balaban J connectivity index is 2.61. The van der Waals surface area contributed by atoms with Crippen molar-refractivity contribution in [3.8, 4) is 5.82 Å². The van der Waals surface area contributed by atoms with Crippen molar-refractivity contribution in [1.29, 1.82) is 0 Å². The van der Waals surface area contributed by atoms with E-state index < -0.39 is 18.6 Å². The van der Waals surface area contributed by atoms with E-state index in [0.717, 1.165) is 4.68 Å². The molecule has 66 valence electrons. The van der Waals surface area contributed by atoms with Gasteiger partial charge in [-0.1, -0.05) is 0 Å². The molecule has 5 heteroatoms. The topological polar surface area (TPSA) is 43.6 Å². The maximum Gasteiger partial charge on any atom is 0.198 e. The van der Waals surface area contributed by atoms with Gasteiger partial charge in [0.2, 0.25) is 0 Å². The molecular weight excluding hydrogens is 232 g/mol. The molecule has 2 heterocycles. The highest BCUT2D eigenvalue weighted by atomic mass is 79.9. The molecule has 0 saturated heterocycles. The normalized spacial score (nSPS) is 16.8. The summed E-state index contributed by atoms with van der Waals surface area (Å²) in [6, 6.07) is 1.47. The summed E-state index contributed by atoms with van der Waals surface area (Å²) in [5.74, 6) is 0.228. The monoisotopic (exact) mass is 243 g/mol. The van der Waals surface area contributed by atoms with Gasteiger partial charge in [-0.25, -0.2) is 14.6 Å². The Morgan fingerprint density at radius 1 is 1.69 bits per heavy atom. The van der Waals surface area contributed by atoms with Crippen molar-refractivity contribution in [1.82, 2.24) is 19.7 Å². The zero-order valence-electron chi connectivity index (χ0n) is 11.3. The van der Waals surface area contributed by atoms with Crippen molar-refractivity contribution < 1.29 is 6.85 Å². The van der Waals surface area contributed by atoms with Gasteiger partial charge < -0.3 is 0 Å². The van der Waals surface area contributed by atoms with Crippen molar-refractivity contribution in [2.24, 2.45) is 0 Å². The highest BCUT2D eigenvalue weighted by molar-refractivity contribution is 9.10. The smallest absolute Gasteiger partial charge is 0.198 e. The van der Waals surface area contributed by atoms with E-state index in [9.17, 15) is 0 Å². The van der Waals surface area contributed by atoms with Crippen LogP contribution in [-0.2, 0) is 0 Å². The molecule has 0 unspecified atom stereocenters. The fraction of sp³-hybridized carbons (Fsp3) is 0.125. The fourth-order valence-corrected chi connectivity index (χ4v) is 1.11. The lowest BCUT2D eigenvalue weighted by atomic mass is 10.4. The second-order valence-electron chi connectivity index (χ2n) is 2.19. The predicted molar refractivity (Wildman–Crippen MR) is 51.6 cm³/mol. The van der Waals surface area contributed by atoms with Gasteiger partial charge in [-0.3, -0.25) is 0 Å². The summed E-state index contributed by atoms with van der Waals surface area (Å²) in [6.07, 6.45) is 0.618. The molecule has 0 N–H and O–H groups in total. The molecule has 2 aromatic rings. The molecule has 0 fully saturated rings. The van der Waals surface area contributed by atoms with Crippen LogP contribution in [0.25, 0.3) is 5.82 Å². The highest BCUT2D eigenvalue weighted by Crippen LogP contribution is 2.07. The third-order valence-electron chi connectivity index (χ3n) is 1.31. The van der Waals surface area contributed by atoms with Gasteiger partial charge in [0.25, 0.3) is 0 Å². The van der Waals surface area contributed by atoms with Gasteiger partial charge in [-0.2, -0.15) is 5.10 Å². The Hall–Kier alpha value is -1.23. The van der Waals surface area contributed by atoms with Crippen molar-refractivity contribution in [3.63, 3.8) is 0 Å². The Labute approximate surface area is 90.8 Å². The minimum Gasteiger partial charge on any atom is -0.231 e. The van der Waals surface area contributed by atoms with Crippen LogP contribution >= 0.6 is 15.9 Å². The summed E-state index contributed by atoms with van der Waals surface area (Å²) in [5.41, 5.74) is -0.391. The van der Waals surface area contributed by atoms with Gasteiger partial charge in [0, 0.05) is 22.5 Å². The zero-order valence-corrected chi connectivity index (χ0v) is 7.91. The molecule has 0 saturated carbocycles. The van der Waals surface area contributed by atoms with Crippen LogP contribution in [0.2, 0.25) is 0 Å². The van der Waals surface area contributed by atoms with Crippen LogP contribution in [0, 0.1) is 6.85 Å². The molecule has 0 atom stereocenters. The molecule has 0 spiro atoms. The lowest BCUT2D eigenvalue weighted by molar-refractivity contribution is 0.833. The van der Waals surface area contributed by atoms with Gasteiger partial charge in [-0.05, 0) is 28.3 Å². The Morgan fingerprint density at radius 2 is 2.62 bits per heavy atom. The summed E-state index contributed by atoms with van der Waals surface area (Å²) in [4.78, 5) is 7.78. The number of aromatic nitrogens is 4. The van der Waals surface area contributed by atoms with Crippen molar-refractivity contribution in [3.05, 3.63) is 34.9 Å². The summed E-state index contributed by atoms with van der Waals surface area (Å²) < 4.78 is 38.4. The first-order valence-electron chi connectivity index (χ1n) is 5.86. The maximum absolute atomic E-state index is 7.78. The summed E-state index contributed by atoms with van der Waals surface area (Å²) in [5, 5.41) is 3.71. The zero-order chi connectivity index (χ0) is 13.5. The van der Waals surface area contributed by atoms with Crippen LogP contribution in [-0.4, -0.2) is 19.7 Å². The average molecular weight is 244 g/mol. The van der Waals surface area contributed by atoms with Crippen LogP contribution in [0.3, 0.4) is 0 Å². The number of rotatable bonds is 1. The van der Waals surface area contributed by atoms with Gasteiger partial charge in [0.1, 0.15) is 0 Å². The molecule has 0 aliphatic carbocycles. The Morgan fingerprint density at radius 3 is 3.31 bits per heavy atom. The predicted octanol–water partition coefficient (Wildman–Crippen LogP) is 1.73. The van der Waals surface area contributed by atoms with E-state index in [1.807, 2.05) is 0 Å². The molecule has 0 aliphatic heterocycles. The third-order valence-corrected chi connectivity index (χ3v) is 1.69. The van der Waals surface area contributed by atoms with E-state index in [2.05, 4.69) is 31.0 Å². The van der Waals surface area contributed by atoms with Crippen LogP contribution < -0.4 is 0 Å². The largest absolute Gasteiger partial charge is 0.231 e. The quantitative estimate of drug-likeness (QED) is 0.717. The summed E-state index contributed by atoms with van der Waals surface area (Å²) in [6.45, 7) is -2.54. The molecule has 0 aliphatic rings. The molecule has 0 amide bonds. The van der Waals surface area contributed by atoms with E-state index in [1.165, 1.54) is 12.3 Å².